The number of hydrogen-bond acceptors (Lipinski definition) is 5. The van der Waals surface area contributed by atoms with Gasteiger partial charge in [0.25, 0.3) is 5.91 Å². The van der Waals surface area contributed by atoms with Gasteiger partial charge in [0, 0.05) is 18.7 Å². The minimum atomic E-state index is -0.583. The molecule has 0 saturated heterocycles. The zero-order valence-electron chi connectivity index (χ0n) is 16.4. The first-order chi connectivity index (χ1) is 11.5. The zero-order valence-corrected chi connectivity index (χ0v) is 16.4. The smallest absolute Gasteiger partial charge is 0.326 e. The second-order valence-electron chi connectivity index (χ2n) is 7.30. The summed E-state index contributed by atoms with van der Waals surface area (Å²) < 4.78 is 10.6. The highest BCUT2D eigenvalue weighted by Gasteiger charge is 2.23. The first-order valence-corrected chi connectivity index (χ1v) is 8.34. The van der Waals surface area contributed by atoms with Crippen LogP contribution in [0.5, 0.6) is 5.75 Å². The molecule has 1 rings (SSSR count). The Morgan fingerprint density at radius 2 is 1.76 bits per heavy atom. The van der Waals surface area contributed by atoms with E-state index in [1.807, 2.05) is 52.8 Å². The Bertz CT molecular complexity index is 606. The molecule has 0 spiro atoms. The van der Waals surface area contributed by atoms with Crippen molar-refractivity contribution in [1.29, 1.82) is 0 Å². The second-order valence-corrected chi connectivity index (χ2v) is 7.30. The Morgan fingerprint density at radius 3 is 2.28 bits per heavy atom. The minimum Gasteiger partial charge on any atom is -0.496 e. The van der Waals surface area contributed by atoms with Crippen molar-refractivity contribution in [3.05, 3.63) is 29.3 Å². The standard InChI is InChI=1S/C19H30N2O4/c1-14-8-9-15(12-16(14)24-7)18(23)21(11-10-20(5)6)13-17(22)25-19(2,3)4/h8-9,12H,10-11,13H2,1-7H3. The summed E-state index contributed by atoms with van der Waals surface area (Å²) in [4.78, 5) is 28.5. The highest BCUT2D eigenvalue weighted by atomic mass is 16.6. The summed E-state index contributed by atoms with van der Waals surface area (Å²) in [5, 5.41) is 0. The van der Waals surface area contributed by atoms with Gasteiger partial charge in [-0.25, -0.2) is 0 Å². The molecule has 0 radical (unpaired) electrons. The number of esters is 1. The topological polar surface area (TPSA) is 59.1 Å². The highest BCUT2D eigenvalue weighted by molar-refractivity contribution is 5.96. The largest absolute Gasteiger partial charge is 0.496 e. The third kappa shape index (κ3) is 7.13. The van der Waals surface area contributed by atoms with Crippen LogP contribution in [0.3, 0.4) is 0 Å². The van der Waals surface area contributed by atoms with Crippen molar-refractivity contribution in [3.63, 3.8) is 0 Å². The van der Waals surface area contributed by atoms with E-state index in [2.05, 4.69) is 0 Å². The van der Waals surface area contributed by atoms with Crippen LogP contribution < -0.4 is 4.74 Å². The van der Waals surface area contributed by atoms with E-state index in [1.54, 1.807) is 19.2 Å². The van der Waals surface area contributed by atoms with Gasteiger partial charge in [0.05, 0.1) is 7.11 Å². The average Bonchev–Trinajstić information content (AvgIpc) is 2.49. The van der Waals surface area contributed by atoms with Gasteiger partial charge in [0.2, 0.25) is 0 Å². The lowest BCUT2D eigenvalue weighted by Gasteiger charge is -2.26. The van der Waals surface area contributed by atoms with Gasteiger partial charge in [-0.15, -0.1) is 0 Å². The molecule has 6 heteroatoms. The zero-order chi connectivity index (χ0) is 19.2. The number of likely N-dealkylation sites (N-methyl/N-ethyl adjacent to an activating group) is 1. The number of amides is 1. The number of rotatable bonds is 7. The van der Waals surface area contributed by atoms with E-state index in [0.717, 1.165) is 5.56 Å². The second kappa shape index (κ2) is 8.85. The number of carbonyl (C=O) groups is 2. The van der Waals surface area contributed by atoms with Crippen molar-refractivity contribution in [2.45, 2.75) is 33.3 Å². The molecule has 0 aliphatic rings. The molecule has 0 unspecified atom stereocenters. The van der Waals surface area contributed by atoms with Gasteiger partial charge in [-0.1, -0.05) is 6.07 Å². The number of benzene rings is 1. The van der Waals surface area contributed by atoms with Crippen LogP contribution >= 0.6 is 0 Å². The van der Waals surface area contributed by atoms with Crippen LogP contribution in [0.1, 0.15) is 36.7 Å². The lowest BCUT2D eigenvalue weighted by molar-refractivity contribution is -0.155. The van der Waals surface area contributed by atoms with E-state index in [4.69, 9.17) is 9.47 Å². The summed E-state index contributed by atoms with van der Waals surface area (Å²) in [6.07, 6.45) is 0. The van der Waals surface area contributed by atoms with Crippen molar-refractivity contribution in [2.75, 3.05) is 40.8 Å². The molecule has 0 aromatic heterocycles. The maximum absolute atomic E-state index is 12.9. The van der Waals surface area contributed by atoms with Gasteiger partial charge >= 0.3 is 5.97 Å². The molecular formula is C19H30N2O4. The molecule has 0 heterocycles. The Morgan fingerprint density at radius 1 is 1.12 bits per heavy atom. The molecule has 0 fully saturated rings. The highest BCUT2D eigenvalue weighted by Crippen LogP contribution is 2.20. The van der Waals surface area contributed by atoms with Gasteiger partial charge in [-0.05, 0) is 59.5 Å². The number of ether oxygens (including phenoxy) is 2. The molecule has 0 N–H and O–H groups in total. The van der Waals surface area contributed by atoms with Gasteiger partial charge in [-0.2, -0.15) is 0 Å². The minimum absolute atomic E-state index is 0.0832. The molecule has 1 aromatic rings. The lowest BCUT2D eigenvalue weighted by atomic mass is 10.1. The summed E-state index contributed by atoms with van der Waals surface area (Å²) in [5.74, 6) is 0.0142. The summed E-state index contributed by atoms with van der Waals surface area (Å²) in [6.45, 7) is 8.34. The molecule has 0 aliphatic heterocycles. The number of methoxy groups -OCH3 is 1. The van der Waals surface area contributed by atoms with Crippen LogP contribution in [0.2, 0.25) is 0 Å². The molecular weight excluding hydrogens is 320 g/mol. The van der Waals surface area contributed by atoms with E-state index in [1.165, 1.54) is 4.90 Å². The molecule has 0 saturated carbocycles. The summed E-state index contributed by atoms with van der Waals surface area (Å²) in [5.41, 5.74) is 0.858. The molecule has 0 bridgehead atoms. The van der Waals surface area contributed by atoms with Crippen molar-refractivity contribution in [3.8, 4) is 5.75 Å². The van der Waals surface area contributed by atoms with Crippen molar-refractivity contribution in [2.24, 2.45) is 0 Å². The summed E-state index contributed by atoms with van der Waals surface area (Å²) in [7, 11) is 5.41. The van der Waals surface area contributed by atoms with Crippen LogP contribution in [0.25, 0.3) is 0 Å². The lowest BCUT2D eigenvalue weighted by Crippen LogP contribution is -2.42. The Balaban J connectivity index is 2.97. The van der Waals surface area contributed by atoms with Gasteiger partial charge in [0.1, 0.15) is 17.9 Å². The maximum atomic E-state index is 12.9. The monoisotopic (exact) mass is 350 g/mol. The predicted octanol–water partition coefficient (Wildman–Crippen LogP) is 2.35. The fraction of sp³-hybridized carbons (Fsp3) is 0.579. The van der Waals surface area contributed by atoms with Crippen LogP contribution in [-0.4, -0.2) is 68.1 Å². The van der Waals surface area contributed by atoms with Gasteiger partial charge in [0.15, 0.2) is 0 Å². The quantitative estimate of drug-likeness (QED) is 0.707. The van der Waals surface area contributed by atoms with Crippen molar-refractivity contribution in [1.82, 2.24) is 9.80 Å². The number of hydrogen-bond donors (Lipinski definition) is 0. The maximum Gasteiger partial charge on any atom is 0.326 e. The van der Waals surface area contributed by atoms with E-state index in [9.17, 15) is 9.59 Å². The summed E-state index contributed by atoms with van der Waals surface area (Å²) >= 11 is 0. The Labute approximate surface area is 150 Å². The first-order valence-electron chi connectivity index (χ1n) is 8.34. The van der Waals surface area contributed by atoms with Crippen LogP contribution in [0.15, 0.2) is 18.2 Å². The third-order valence-corrected chi connectivity index (χ3v) is 3.50. The third-order valence-electron chi connectivity index (χ3n) is 3.50. The number of nitrogens with zero attached hydrogens (tertiary/aromatic N) is 2. The van der Waals surface area contributed by atoms with Crippen molar-refractivity contribution < 1.29 is 19.1 Å². The Hall–Kier alpha value is -2.08. The molecule has 6 nitrogen and oxygen atoms in total. The molecule has 140 valence electrons. The van der Waals surface area contributed by atoms with Crippen LogP contribution in [0, 0.1) is 6.92 Å². The first kappa shape index (κ1) is 21.0. The molecule has 25 heavy (non-hydrogen) atoms. The van der Waals surface area contributed by atoms with E-state index in [-0.39, 0.29) is 12.5 Å². The van der Waals surface area contributed by atoms with Crippen molar-refractivity contribution >= 4 is 11.9 Å². The van der Waals surface area contributed by atoms with E-state index >= 15 is 0 Å². The normalized spacial score (nSPS) is 11.4. The van der Waals surface area contributed by atoms with E-state index in [0.29, 0.717) is 24.4 Å². The van der Waals surface area contributed by atoms with Crippen LogP contribution in [0.4, 0.5) is 0 Å². The predicted molar refractivity (Wildman–Crippen MR) is 98.0 cm³/mol. The molecule has 1 aromatic carbocycles. The van der Waals surface area contributed by atoms with Gasteiger partial charge < -0.3 is 19.3 Å². The fourth-order valence-electron chi connectivity index (χ4n) is 2.24. The fourth-order valence-corrected chi connectivity index (χ4v) is 2.24. The Kier molecular flexibility index (Phi) is 7.42. The average molecular weight is 350 g/mol. The number of aryl methyl sites for hydroxylation is 1. The van der Waals surface area contributed by atoms with Crippen LogP contribution in [-0.2, 0) is 9.53 Å². The van der Waals surface area contributed by atoms with Gasteiger partial charge in [-0.3, -0.25) is 9.59 Å². The molecule has 1 amide bonds. The summed E-state index contributed by atoms with van der Waals surface area (Å²) in [6, 6.07) is 5.29. The SMILES string of the molecule is COc1cc(C(=O)N(CCN(C)C)CC(=O)OC(C)(C)C)ccc1C. The molecule has 0 aliphatic carbocycles. The van der Waals surface area contributed by atoms with E-state index < -0.39 is 11.6 Å². The number of carbonyl (C=O) groups excluding carboxylic acids is 2. The molecule has 0 atom stereocenters.